The van der Waals surface area contributed by atoms with Crippen molar-refractivity contribution in [2.24, 2.45) is 0 Å². The number of carbonyl (C=O) groups is 1. The molecule has 2 rings (SSSR count). The molecule has 0 aromatic heterocycles. The van der Waals surface area contributed by atoms with Crippen LogP contribution in [0.4, 0.5) is 0 Å². The molecular formula is C22H28ClNO2. The van der Waals surface area contributed by atoms with Gasteiger partial charge >= 0.3 is 0 Å². The molecule has 2 aromatic rings. The van der Waals surface area contributed by atoms with Crippen LogP contribution in [0.3, 0.4) is 0 Å². The van der Waals surface area contributed by atoms with E-state index in [4.69, 9.17) is 16.3 Å². The summed E-state index contributed by atoms with van der Waals surface area (Å²) in [5, 5.41) is 3.62. The summed E-state index contributed by atoms with van der Waals surface area (Å²) >= 11 is 5.87. The molecule has 2 aromatic carbocycles. The number of aryl methyl sites for hydroxylation is 1. The second-order valence-electron chi connectivity index (χ2n) is 6.76. The Balaban J connectivity index is 1.75. The van der Waals surface area contributed by atoms with Crippen LogP contribution in [0.15, 0.2) is 48.5 Å². The predicted molar refractivity (Wildman–Crippen MR) is 108 cm³/mol. The number of carbonyl (C=O) groups excluding carboxylic acids is 1. The maximum atomic E-state index is 12.3. The number of hydrogen-bond donors (Lipinski definition) is 1. The molecule has 1 atom stereocenters. The van der Waals surface area contributed by atoms with E-state index in [1.807, 2.05) is 6.92 Å². The molecule has 0 fully saturated rings. The fourth-order valence-corrected chi connectivity index (χ4v) is 2.81. The molecule has 3 nitrogen and oxygen atoms in total. The van der Waals surface area contributed by atoms with Crippen molar-refractivity contribution in [2.75, 3.05) is 6.54 Å². The molecule has 0 aliphatic carbocycles. The van der Waals surface area contributed by atoms with Crippen molar-refractivity contribution >= 4 is 17.5 Å². The molecule has 0 radical (unpaired) electrons. The average Bonchev–Trinajstić information content (AvgIpc) is 2.65. The molecule has 26 heavy (non-hydrogen) atoms. The van der Waals surface area contributed by atoms with E-state index < -0.39 is 6.10 Å². The Hall–Kier alpha value is -2.00. The first-order valence-electron chi connectivity index (χ1n) is 9.28. The highest BCUT2D eigenvalue weighted by Gasteiger charge is 2.17. The maximum absolute atomic E-state index is 12.3. The lowest BCUT2D eigenvalue weighted by Gasteiger charge is -2.17. The Labute approximate surface area is 161 Å². The van der Waals surface area contributed by atoms with Gasteiger partial charge in [-0.1, -0.05) is 56.6 Å². The van der Waals surface area contributed by atoms with Gasteiger partial charge in [-0.3, -0.25) is 4.79 Å². The van der Waals surface area contributed by atoms with Gasteiger partial charge in [0.05, 0.1) is 0 Å². The van der Waals surface area contributed by atoms with Crippen LogP contribution >= 0.6 is 11.6 Å². The van der Waals surface area contributed by atoms with Gasteiger partial charge in [0.25, 0.3) is 5.91 Å². The highest BCUT2D eigenvalue weighted by molar-refractivity contribution is 6.30. The van der Waals surface area contributed by atoms with E-state index in [2.05, 4.69) is 43.4 Å². The zero-order valence-corrected chi connectivity index (χ0v) is 16.6. The van der Waals surface area contributed by atoms with Crippen molar-refractivity contribution in [1.82, 2.24) is 5.32 Å². The number of amides is 1. The first-order chi connectivity index (χ1) is 12.5. The van der Waals surface area contributed by atoms with Gasteiger partial charge in [0.1, 0.15) is 5.75 Å². The van der Waals surface area contributed by atoms with E-state index in [1.165, 1.54) is 11.1 Å². The second kappa shape index (κ2) is 10.2. The van der Waals surface area contributed by atoms with E-state index in [0.29, 0.717) is 29.7 Å². The SMILES string of the molecule is CC[C@@H](Oc1ccc(Cl)cc1)C(=O)NCCCc1ccc(C(C)C)cc1. The lowest BCUT2D eigenvalue weighted by molar-refractivity contribution is -0.128. The molecule has 1 amide bonds. The Morgan fingerprint density at radius 2 is 1.73 bits per heavy atom. The molecule has 0 saturated heterocycles. The summed E-state index contributed by atoms with van der Waals surface area (Å²) in [5.74, 6) is 1.13. The fraction of sp³-hybridized carbons (Fsp3) is 0.409. The van der Waals surface area contributed by atoms with E-state index in [9.17, 15) is 4.79 Å². The fourth-order valence-electron chi connectivity index (χ4n) is 2.69. The first-order valence-corrected chi connectivity index (χ1v) is 9.66. The topological polar surface area (TPSA) is 38.3 Å². The molecule has 0 spiro atoms. The smallest absolute Gasteiger partial charge is 0.261 e. The quantitative estimate of drug-likeness (QED) is 0.600. The first kappa shape index (κ1) is 20.3. The molecule has 140 valence electrons. The van der Waals surface area contributed by atoms with Crippen LogP contribution in [-0.2, 0) is 11.2 Å². The molecule has 0 saturated carbocycles. The number of rotatable bonds is 9. The minimum atomic E-state index is -0.485. The van der Waals surface area contributed by atoms with E-state index in [1.54, 1.807) is 24.3 Å². The van der Waals surface area contributed by atoms with Crippen LogP contribution in [-0.4, -0.2) is 18.6 Å². The normalized spacial score (nSPS) is 12.0. The number of ether oxygens (including phenoxy) is 1. The summed E-state index contributed by atoms with van der Waals surface area (Å²) < 4.78 is 5.76. The highest BCUT2D eigenvalue weighted by Crippen LogP contribution is 2.18. The summed E-state index contributed by atoms with van der Waals surface area (Å²) in [5.41, 5.74) is 2.65. The van der Waals surface area contributed by atoms with Gasteiger partial charge in [-0.15, -0.1) is 0 Å². The van der Waals surface area contributed by atoms with Gasteiger partial charge in [-0.05, 0) is 60.6 Å². The van der Waals surface area contributed by atoms with Crippen molar-refractivity contribution in [3.05, 3.63) is 64.7 Å². The average molecular weight is 374 g/mol. The maximum Gasteiger partial charge on any atom is 0.261 e. The zero-order chi connectivity index (χ0) is 18.9. The minimum absolute atomic E-state index is 0.0717. The summed E-state index contributed by atoms with van der Waals surface area (Å²) in [6.07, 6.45) is 1.99. The molecule has 0 heterocycles. The molecule has 4 heteroatoms. The Morgan fingerprint density at radius 1 is 1.08 bits per heavy atom. The summed E-state index contributed by atoms with van der Waals surface area (Å²) in [4.78, 5) is 12.3. The number of nitrogens with one attached hydrogen (secondary N) is 1. The highest BCUT2D eigenvalue weighted by atomic mass is 35.5. The third-order valence-corrected chi connectivity index (χ3v) is 4.60. The van der Waals surface area contributed by atoms with Crippen molar-refractivity contribution in [2.45, 2.75) is 52.1 Å². The van der Waals surface area contributed by atoms with E-state index in [-0.39, 0.29) is 5.91 Å². The lowest BCUT2D eigenvalue weighted by atomic mass is 10.0. The summed E-state index contributed by atoms with van der Waals surface area (Å²) in [6, 6.07) is 15.8. The molecule has 0 unspecified atom stereocenters. The third kappa shape index (κ3) is 6.38. The van der Waals surface area contributed by atoms with Gasteiger partial charge in [0.2, 0.25) is 0 Å². The predicted octanol–water partition coefficient (Wildman–Crippen LogP) is 5.37. The van der Waals surface area contributed by atoms with Gasteiger partial charge in [-0.25, -0.2) is 0 Å². The monoisotopic (exact) mass is 373 g/mol. The molecule has 0 aliphatic rings. The molecule has 1 N–H and O–H groups in total. The largest absolute Gasteiger partial charge is 0.481 e. The lowest BCUT2D eigenvalue weighted by Crippen LogP contribution is -2.38. The molecule has 0 bridgehead atoms. The van der Waals surface area contributed by atoms with Crippen LogP contribution in [0.5, 0.6) is 5.75 Å². The molecule has 0 aliphatic heterocycles. The Morgan fingerprint density at radius 3 is 2.31 bits per heavy atom. The number of halogens is 1. The zero-order valence-electron chi connectivity index (χ0n) is 15.8. The second-order valence-corrected chi connectivity index (χ2v) is 7.20. The van der Waals surface area contributed by atoms with E-state index in [0.717, 1.165) is 12.8 Å². The van der Waals surface area contributed by atoms with Crippen LogP contribution in [0.2, 0.25) is 5.02 Å². The van der Waals surface area contributed by atoms with Gasteiger partial charge in [-0.2, -0.15) is 0 Å². The van der Waals surface area contributed by atoms with Crippen molar-refractivity contribution in [1.29, 1.82) is 0 Å². The van der Waals surface area contributed by atoms with Crippen molar-refractivity contribution < 1.29 is 9.53 Å². The van der Waals surface area contributed by atoms with Crippen molar-refractivity contribution in [3.63, 3.8) is 0 Å². The van der Waals surface area contributed by atoms with Crippen LogP contribution < -0.4 is 10.1 Å². The van der Waals surface area contributed by atoms with Crippen LogP contribution in [0.25, 0.3) is 0 Å². The van der Waals surface area contributed by atoms with Gasteiger partial charge < -0.3 is 10.1 Å². The standard InChI is InChI=1S/C22H28ClNO2/c1-4-21(26-20-13-11-19(23)12-14-20)22(25)24-15-5-6-17-7-9-18(10-8-17)16(2)3/h7-14,16,21H,4-6,15H2,1-3H3,(H,24,25)/t21-/m1/s1. The van der Waals surface area contributed by atoms with E-state index >= 15 is 0 Å². The Bertz CT molecular complexity index is 680. The van der Waals surface area contributed by atoms with Gasteiger partial charge in [0.15, 0.2) is 6.10 Å². The summed E-state index contributed by atoms with van der Waals surface area (Å²) in [7, 11) is 0. The van der Waals surface area contributed by atoms with Crippen LogP contribution in [0.1, 0.15) is 50.7 Å². The summed E-state index contributed by atoms with van der Waals surface area (Å²) in [6.45, 7) is 6.98. The number of hydrogen-bond acceptors (Lipinski definition) is 2. The minimum Gasteiger partial charge on any atom is -0.481 e. The third-order valence-electron chi connectivity index (χ3n) is 4.34. The Kier molecular flexibility index (Phi) is 7.99. The molecular weight excluding hydrogens is 346 g/mol. The van der Waals surface area contributed by atoms with Crippen LogP contribution in [0, 0.1) is 0 Å². The number of benzene rings is 2. The van der Waals surface area contributed by atoms with Gasteiger partial charge in [0, 0.05) is 11.6 Å². The van der Waals surface area contributed by atoms with Crippen molar-refractivity contribution in [3.8, 4) is 5.75 Å².